The number of nitrogens with zero attached hydrogens (tertiary/aromatic N) is 1. The topological polar surface area (TPSA) is 150 Å². The molecule has 0 aliphatic heterocycles. The van der Waals surface area contributed by atoms with E-state index in [0.717, 1.165) is 24.1 Å². The zero-order valence-electron chi connectivity index (χ0n) is 19.6. The molecule has 4 rings (SSSR count). The molecule has 9 nitrogen and oxygen atoms in total. The van der Waals surface area contributed by atoms with Crippen LogP contribution in [0.3, 0.4) is 0 Å². The number of unbranched alkanes of at least 4 members (excludes halogenated alkanes) is 1. The van der Waals surface area contributed by atoms with Gasteiger partial charge in [-0.25, -0.2) is 0 Å². The number of nitrogens with two attached hydrogens (primary N) is 1. The van der Waals surface area contributed by atoms with Crippen molar-refractivity contribution < 1.29 is 34.4 Å². The number of aliphatic hydroxyl groups is 3. The lowest BCUT2D eigenvalue weighted by Gasteiger charge is -2.46. The van der Waals surface area contributed by atoms with Crippen LogP contribution in [0.1, 0.15) is 43.7 Å². The molecule has 0 saturated heterocycles. The molecule has 0 aromatic heterocycles. The van der Waals surface area contributed by atoms with Crippen molar-refractivity contribution in [2.75, 3.05) is 25.6 Å². The Morgan fingerprint density at radius 2 is 1.94 bits per heavy atom. The van der Waals surface area contributed by atoms with Gasteiger partial charge in [-0.15, -0.1) is 0 Å². The molecule has 1 amide bonds. The molecule has 5 N–H and O–H groups in total. The minimum Gasteiger partial charge on any atom is -0.508 e. The van der Waals surface area contributed by atoms with E-state index in [4.69, 9.17) is 10.5 Å². The number of carbonyl (C=O) groups excluding carboxylic acids is 3. The van der Waals surface area contributed by atoms with Gasteiger partial charge in [0, 0.05) is 37.7 Å². The summed E-state index contributed by atoms with van der Waals surface area (Å²) in [5, 5.41) is 33.4. The standard InChI is InChI=1S/C25H30N2O7/c1-4-5-8-34-17-7-6-15(27(2)3)14-10-12-9-13-11-16(28)20(24(26)32)23(31)25(13,33)22(30)18(12)21(29)19(14)17/h6-7,12-13,29,31,33H,4-5,8-11H2,1-3H3,(H2,26,32). The van der Waals surface area contributed by atoms with Crippen molar-refractivity contribution in [3.05, 3.63) is 40.2 Å². The van der Waals surface area contributed by atoms with E-state index in [2.05, 4.69) is 0 Å². The molecule has 3 unspecified atom stereocenters. The number of benzene rings is 1. The zero-order valence-corrected chi connectivity index (χ0v) is 19.6. The van der Waals surface area contributed by atoms with E-state index in [0.29, 0.717) is 24.3 Å². The highest BCUT2D eigenvalue weighted by Gasteiger charge is 2.60. The lowest BCUT2D eigenvalue weighted by molar-refractivity contribution is -0.147. The number of hydrogen-bond acceptors (Lipinski definition) is 8. The van der Waals surface area contributed by atoms with Crippen LogP contribution in [0.25, 0.3) is 5.76 Å². The molecule has 0 radical (unpaired) electrons. The third kappa shape index (κ3) is 3.37. The third-order valence-corrected chi connectivity index (χ3v) is 7.14. The Labute approximate surface area is 197 Å². The van der Waals surface area contributed by atoms with Gasteiger partial charge in [0.05, 0.1) is 12.2 Å². The van der Waals surface area contributed by atoms with Crippen LogP contribution in [-0.2, 0) is 20.8 Å². The van der Waals surface area contributed by atoms with Gasteiger partial charge in [-0.2, -0.15) is 0 Å². The zero-order chi connectivity index (χ0) is 24.9. The van der Waals surface area contributed by atoms with Crippen molar-refractivity contribution in [2.45, 2.75) is 44.6 Å². The van der Waals surface area contributed by atoms with Crippen molar-refractivity contribution in [3.63, 3.8) is 0 Å². The SMILES string of the molecule is CCCCOc1ccc(N(C)C)c2c1C(O)=C1C(=O)C3(O)C(O)=C(C(N)=O)C(=O)CC3CC1C2. The summed E-state index contributed by atoms with van der Waals surface area (Å²) >= 11 is 0. The average Bonchev–Trinajstić information content (AvgIpc) is 2.76. The number of carbonyl (C=O) groups is 3. The fourth-order valence-corrected chi connectivity index (χ4v) is 5.46. The van der Waals surface area contributed by atoms with Crippen LogP contribution < -0.4 is 15.4 Å². The summed E-state index contributed by atoms with van der Waals surface area (Å²) in [6.45, 7) is 2.47. The number of amides is 1. The maximum Gasteiger partial charge on any atom is 0.255 e. The number of Topliss-reactive ketones (excluding diaryl/α,β-unsaturated/α-hetero) is 2. The van der Waals surface area contributed by atoms with Gasteiger partial charge >= 0.3 is 0 Å². The lowest BCUT2D eigenvalue weighted by atomic mass is 9.59. The molecule has 3 aliphatic rings. The minimum absolute atomic E-state index is 0.0350. The summed E-state index contributed by atoms with van der Waals surface area (Å²) in [5.41, 5.74) is 3.98. The summed E-state index contributed by atoms with van der Waals surface area (Å²) in [7, 11) is 3.75. The third-order valence-electron chi connectivity index (χ3n) is 7.14. The number of anilines is 1. The van der Waals surface area contributed by atoms with Gasteiger partial charge < -0.3 is 30.7 Å². The van der Waals surface area contributed by atoms with Gasteiger partial charge in [0.15, 0.2) is 11.4 Å². The van der Waals surface area contributed by atoms with Crippen molar-refractivity contribution in [2.24, 2.45) is 17.6 Å². The molecule has 1 aromatic rings. The van der Waals surface area contributed by atoms with Gasteiger partial charge in [0.2, 0.25) is 5.78 Å². The first-order chi connectivity index (χ1) is 16.0. The Morgan fingerprint density at radius 1 is 1.24 bits per heavy atom. The molecule has 34 heavy (non-hydrogen) atoms. The summed E-state index contributed by atoms with van der Waals surface area (Å²) in [6, 6.07) is 3.64. The molecule has 1 fully saturated rings. The number of rotatable bonds is 6. The second-order valence-corrected chi connectivity index (χ2v) is 9.44. The Hall–Kier alpha value is -3.33. The molecule has 0 bridgehead atoms. The maximum absolute atomic E-state index is 13.6. The van der Waals surface area contributed by atoms with Crippen LogP contribution in [0.15, 0.2) is 29.0 Å². The smallest absolute Gasteiger partial charge is 0.255 e. The predicted molar refractivity (Wildman–Crippen MR) is 124 cm³/mol. The largest absolute Gasteiger partial charge is 0.508 e. The summed E-state index contributed by atoms with van der Waals surface area (Å²) < 4.78 is 5.93. The maximum atomic E-state index is 13.6. The average molecular weight is 471 g/mol. The first kappa shape index (κ1) is 23.8. The van der Waals surface area contributed by atoms with Gasteiger partial charge in [-0.3, -0.25) is 14.4 Å². The van der Waals surface area contributed by atoms with E-state index in [1.54, 1.807) is 6.07 Å². The van der Waals surface area contributed by atoms with Crippen LogP contribution in [0, 0.1) is 11.8 Å². The van der Waals surface area contributed by atoms with Gasteiger partial charge in [0.25, 0.3) is 5.91 Å². The van der Waals surface area contributed by atoms with Crippen LogP contribution in [0.4, 0.5) is 5.69 Å². The van der Waals surface area contributed by atoms with Crippen LogP contribution >= 0.6 is 0 Å². The fourth-order valence-electron chi connectivity index (χ4n) is 5.46. The molecule has 3 aliphatic carbocycles. The normalized spacial score (nSPS) is 26.1. The minimum atomic E-state index is -2.50. The molecule has 1 saturated carbocycles. The highest BCUT2D eigenvalue weighted by Crippen LogP contribution is 2.53. The molecule has 3 atom stereocenters. The first-order valence-corrected chi connectivity index (χ1v) is 11.5. The molecule has 1 aromatic carbocycles. The van der Waals surface area contributed by atoms with E-state index < -0.39 is 46.2 Å². The van der Waals surface area contributed by atoms with Crippen LogP contribution in [0.5, 0.6) is 5.75 Å². The number of ether oxygens (including phenoxy) is 1. The van der Waals surface area contributed by atoms with Crippen LogP contribution in [0.2, 0.25) is 0 Å². The van der Waals surface area contributed by atoms with Gasteiger partial charge in [0.1, 0.15) is 22.8 Å². The van der Waals surface area contributed by atoms with Crippen molar-refractivity contribution in [1.29, 1.82) is 0 Å². The second kappa shape index (κ2) is 8.47. The Morgan fingerprint density at radius 3 is 2.56 bits per heavy atom. The lowest BCUT2D eigenvalue weighted by Crippen LogP contribution is -2.58. The number of hydrogen-bond donors (Lipinski definition) is 4. The van der Waals surface area contributed by atoms with Crippen molar-refractivity contribution >= 4 is 28.9 Å². The quantitative estimate of drug-likeness (QED) is 0.364. The predicted octanol–water partition coefficient (Wildman–Crippen LogP) is 1.96. The summed E-state index contributed by atoms with van der Waals surface area (Å²) in [5.74, 6) is -5.18. The molecule has 0 spiro atoms. The Balaban J connectivity index is 1.90. The Kier molecular flexibility index (Phi) is 5.93. The summed E-state index contributed by atoms with van der Waals surface area (Å²) in [4.78, 5) is 39.8. The number of aliphatic hydroxyl groups excluding tert-OH is 2. The molecular formula is C25H30N2O7. The van der Waals surface area contributed by atoms with Gasteiger partial charge in [-0.1, -0.05) is 13.3 Å². The highest BCUT2D eigenvalue weighted by atomic mass is 16.5. The van der Waals surface area contributed by atoms with Crippen LogP contribution in [-0.4, -0.2) is 59.1 Å². The molecular weight excluding hydrogens is 440 g/mol. The Bertz CT molecular complexity index is 1150. The van der Waals surface area contributed by atoms with E-state index in [1.165, 1.54) is 0 Å². The number of ketones is 2. The van der Waals surface area contributed by atoms with Crippen molar-refractivity contribution in [1.82, 2.24) is 0 Å². The van der Waals surface area contributed by atoms with E-state index >= 15 is 0 Å². The van der Waals surface area contributed by atoms with E-state index in [-0.39, 0.29) is 24.2 Å². The number of primary amides is 1. The molecule has 0 heterocycles. The second-order valence-electron chi connectivity index (χ2n) is 9.44. The van der Waals surface area contributed by atoms with Gasteiger partial charge in [-0.05, 0) is 42.9 Å². The molecule has 182 valence electrons. The van der Waals surface area contributed by atoms with Crippen molar-refractivity contribution in [3.8, 4) is 5.75 Å². The van der Waals surface area contributed by atoms with E-state index in [9.17, 15) is 29.7 Å². The first-order valence-electron chi connectivity index (χ1n) is 11.5. The summed E-state index contributed by atoms with van der Waals surface area (Å²) in [6.07, 6.45) is 1.98. The fraction of sp³-hybridized carbons (Fsp3) is 0.480. The highest BCUT2D eigenvalue weighted by molar-refractivity contribution is 6.22. The molecule has 9 heteroatoms. The number of fused-ring (bicyclic) bond motifs is 3. The monoisotopic (exact) mass is 470 g/mol. The van der Waals surface area contributed by atoms with E-state index in [1.807, 2.05) is 32.0 Å².